The summed E-state index contributed by atoms with van der Waals surface area (Å²) in [4.78, 5) is 0. The molecule has 0 aliphatic rings. The first-order valence-corrected chi connectivity index (χ1v) is 10.7. The summed E-state index contributed by atoms with van der Waals surface area (Å²) >= 11 is 3.46. The van der Waals surface area contributed by atoms with Crippen LogP contribution in [-0.2, 0) is 4.43 Å². The maximum Gasteiger partial charge on any atom is 0.193 e. The Bertz CT molecular complexity index is 331. The van der Waals surface area contributed by atoms with Crippen LogP contribution in [0.1, 0.15) is 48.5 Å². The van der Waals surface area contributed by atoms with E-state index in [0.717, 1.165) is 10.1 Å². The molecular weight excluding hydrogens is 320 g/mol. The number of hydrogen-bond acceptors (Lipinski definition) is 2. The van der Waals surface area contributed by atoms with Crippen molar-refractivity contribution in [3.8, 4) is 0 Å². The van der Waals surface area contributed by atoms with Crippen LogP contribution in [0.3, 0.4) is 0 Å². The molecule has 0 aromatic rings. The molecule has 0 fully saturated rings. The van der Waals surface area contributed by atoms with Crippen LogP contribution in [0.25, 0.3) is 0 Å². The Morgan fingerprint density at radius 3 is 1.89 bits per heavy atom. The fourth-order valence-corrected chi connectivity index (χ4v) is 5.00. The number of aliphatic hydroxyl groups excluding tert-OH is 1. The largest absolute Gasteiger partial charge is 0.411 e. The molecule has 0 aromatic carbocycles. The highest BCUT2D eigenvalue weighted by molar-refractivity contribution is 9.11. The van der Waals surface area contributed by atoms with Gasteiger partial charge < -0.3 is 9.53 Å². The third kappa shape index (κ3) is 4.69. The van der Waals surface area contributed by atoms with E-state index in [9.17, 15) is 5.11 Å². The molecule has 19 heavy (non-hydrogen) atoms. The van der Waals surface area contributed by atoms with Crippen molar-refractivity contribution in [3.05, 3.63) is 10.1 Å². The Hall–Kier alpha value is 0.357. The second kappa shape index (κ2) is 6.88. The molecule has 0 aliphatic heterocycles. The predicted octanol–water partition coefficient (Wildman–Crippen LogP) is 5.08. The predicted molar refractivity (Wildman–Crippen MR) is 90.2 cm³/mol. The summed E-state index contributed by atoms with van der Waals surface area (Å²) in [6.45, 7) is 19.5. The lowest BCUT2D eigenvalue weighted by atomic mass is 9.99. The first-order chi connectivity index (χ1) is 8.34. The van der Waals surface area contributed by atoms with Crippen LogP contribution in [0.5, 0.6) is 0 Å². The lowest BCUT2D eigenvalue weighted by Crippen LogP contribution is -2.49. The van der Waals surface area contributed by atoms with Crippen molar-refractivity contribution in [2.75, 3.05) is 0 Å². The first-order valence-electron chi connectivity index (χ1n) is 7.03. The van der Waals surface area contributed by atoms with E-state index in [4.69, 9.17) is 4.43 Å². The number of rotatable bonds is 6. The normalized spacial score (nSPS) is 16.4. The summed E-state index contributed by atoms with van der Waals surface area (Å²) in [5, 5.41) is 10.5. The Morgan fingerprint density at radius 1 is 1.16 bits per heavy atom. The number of aliphatic hydroxyl groups is 1. The van der Waals surface area contributed by atoms with Crippen molar-refractivity contribution in [2.45, 2.75) is 78.8 Å². The fourth-order valence-electron chi connectivity index (χ4n) is 1.88. The van der Waals surface area contributed by atoms with Crippen LogP contribution < -0.4 is 0 Å². The zero-order valence-electron chi connectivity index (χ0n) is 14.0. The van der Waals surface area contributed by atoms with Gasteiger partial charge in [-0.15, -0.1) is 0 Å². The van der Waals surface area contributed by atoms with Crippen LogP contribution in [0.15, 0.2) is 10.1 Å². The zero-order valence-corrected chi connectivity index (χ0v) is 16.6. The summed E-state index contributed by atoms with van der Waals surface area (Å²) in [6, 6.07) is 0. The Morgan fingerprint density at radius 2 is 1.58 bits per heavy atom. The molecule has 0 radical (unpaired) electrons. The lowest BCUT2D eigenvalue weighted by Gasteiger charge is -2.44. The molecule has 114 valence electrons. The van der Waals surface area contributed by atoms with E-state index in [1.54, 1.807) is 0 Å². The SMILES string of the molecule is CC(C)=C(Br)[C@@H](O)[C@H](C)O[Si](C)(C)C(C)(C)C(C)C. The van der Waals surface area contributed by atoms with E-state index in [1.165, 1.54) is 0 Å². The second-order valence-corrected chi connectivity index (χ2v) is 12.4. The summed E-state index contributed by atoms with van der Waals surface area (Å²) < 4.78 is 7.16. The van der Waals surface area contributed by atoms with Gasteiger partial charge in [-0.05, 0) is 44.8 Å². The molecule has 0 bridgehead atoms. The number of hydrogen-bond donors (Lipinski definition) is 1. The van der Waals surface area contributed by atoms with Gasteiger partial charge in [0.05, 0.1) is 6.10 Å². The third-order valence-corrected chi connectivity index (χ3v) is 10.6. The van der Waals surface area contributed by atoms with E-state index < -0.39 is 14.4 Å². The van der Waals surface area contributed by atoms with Crippen LogP contribution in [0.2, 0.25) is 18.1 Å². The Labute approximate surface area is 128 Å². The van der Waals surface area contributed by atoms with Crippen LogP contribution in [-0.4, -0.2) is 25.6 Å². The molecular formula is C15H31BrO2Si. The van der Waals surface area contributed by atoms with Gasteiger partial charge in [0.1, 0.15) is 6.10 Å². The smallest absolute Gasteiger partial charge is 0.193 e. The highest BCUT2D eigenvalue weighted by Crippen LogP contribution is 2.45. The molecule has 0 aliphatic carbocycles. The number of allylic oxidation sites excluding steroid dienone is 1. The van der Waals surface area contributed by atoms with Crippen molar-refractivity contribution >= 4 is 24.2 Å². The van der Waals surface area contributed by atoms with E-state index in [2.05, 4.69) is 56.7 Å². The molecule has 0 saturated carbocycles. The van der Waals surface area contributed by atoms with Gasteiger partial charge in [-0.25, -0.2) is 0 Å². The molecule has 0 rings (SSSR count). The molecule has 0 saturated heterocycles. The van der Waals surface area contributed by atoms with Crippen molar-refractivity contribution < 1.29 is 9.53 Å². The van der Waals surface area contributed by atoms with Gasteiger partial charge in [0, 0.05) is 4.48 Å². The van der Waals surface area contributed by atoms with E-state index >= 15 is 0 Å². The molecule has 0 amide bonds. The topological polar surface area (TPSA) is 29.5 Å². The van der Waals surface area contributed by atoms with Crippen molar-refractivity contribution in [2.24, 2.45) is 5.92 Å². The molecule has 0 unspecified atom stereocenters. The molecule has 0 heterocycles. The average Bonchev–Trinajstić information content (AvgIpc) is 2.25. The zero-order chi connectivity index (χ0) is 15.6. The third-order valence-electron chi connectivity index (χ3n) is 4.66. The van der Waals surface area contributed by atoms with E-state index in [0.29, 0.717) is 5.92 Å². The standard InChI is InChI=1S/C15H31BrO2Si/c1-10(2)13(16)14(17)12(5)18-19(8,9)15(6,7)11(3)4/h11-12,14,17H,1-9H3/t12-,14-/m0/s1. The van der Waals surface area contributed by atoms with Gasteiger partial charge in [0.15, 0.2) is 8.32 Å². The molecule has 4 heteroatoms. The average molecular weight is 351 g/mol. The van der Waals surface area contributed by atoms with Gasteiger partial charge in [-0.3, -0.25) is 0 Å². The van der Waals surface area contributed by atoms with Crippen molar-refractivity contribution in [1.82, 2.24) is 0 Å². The van der Waals surface area contributed by atoms with Gasteiger partial charge in [0.2, 0.25) is 0 Å². The van der Waals surface area contributed by atoms with Crippen molar-refractivity contribution in [3.63, 3.8) is 0 Å². The molecule has 0 aromatic heterocycles. The summed E-state index contributed by atoms with van der Waals surface area (Å²) in [5.74, 6) is 0.561. The highest BCUT2D eigenvalue weighted by Gasteiger charge is 2.44. The minimum atomic E-state index is -1.90. The molecule has 1 N–H and O–H groups in total. The highest BCUT2D eigenvalue weighted by atomic mass is 79.9. The van der Waals surface area contributed by atoms with E-state index in [-0.39, 0.29) is 11.1 Å². The second-order valence-electron chi connectivity index (χ2n) is 7.00. The van der Waals surface area contributed by atoms with E-state index in [1.807, 2.05) is 20.8 Å². The van der Waals surface area contributed by atoms with Gasteiger partial charge in [-0.2, -0.15) is 0 Å². The van der Waals surface area contributed by atoms with Crippen LogP contribution in [0, 0.1) is 5.92 Å². The van der Waals surface area contributed by atoms with Gasteiger partial charge >= 0.3 is 0 Å². The minimum Gasteiger partial charge on any atom is -0.411 e. The first kappa shape index (κ1) is 19.4. The molecule has 2 nitrogen and oxygen atoms in total. The van der Waals surface area contributed by atoms with Gasteiger partial charge in [-0.1, -0.05) is 49.2 Å². The monoisotopic (exact) mass is 350 g/mol. The Kier molecular flexibility index (Phi) is 7.01. The van der Waals surface area contributed by atoms with Crippen LogP contribution >= 0.6 is 15.9 Å². The maximum atomic E-state index is 10.3. The van der Waals surface area contributed by atoms with Crippen molar-refractivity contribution in [1.29, 1.82) is 0 Å². The fraction of sp³-hybridized carbons (Fsp3) is 0.867. The van der Waals surface area contributed by atoms with Crippen LogP contribution in [0.4, 0.5) is 0 Å². The quantitative estimate of drug-likeness (QED) is 0.676. The molecule has 0 spiro atoms. The maximum absolute atomic E-state index is 10.3. The molecule has 2 atom stereocenters. The lowest BCUT2D eigenvalue weighted by molar-refractivity contribution is 0.0646. The summed E-state index contributed by atoms with van der Waals surface area (Å²) in [5.41, 5.74) is 1.09. The Balaban J connectivity index is 5.00. The minimum absolute atomic E-state index is 0.165. The van der Waals surface area contributed by atoms with Gasteiger partial charge in [0.25, 0.3) is 0 Å². The number of halogens is 1. The summed E-state index contributed by atoms with van der Waals surface area (Å²) in [7, 11) is -1.90. The summed E-state index contributed by atoms with van der Waals surface area (Å²) in [6.07, 6.45) is -0.774.